The molecule has 0 saturated heterocycles. The molecule has 4 nitrogen and oxygen atoms in total. The quantitative estimate of drug-likeness (QED) is 0.730. The van der Waals surface area contributed by atoms with Crippen LogP contribution >= 0.6 is 11.6 Å². The third kappa shape index (κ3) is 2.45. The van der Waals surface area contributed by atoms with Crippen LogP contribution in [0.5, 0.6) is 0 Å². The number of aromatic nitrogens is 2. The van der Waals surface area contributed by atoms with Crippen molar-refractivity contribution in [3.63, 3.8) is 0 Å². The maximum Gasteiger partial charge on any atom is 0.244 e. The van der Waals surface area contributed by atoms with Crippen molar-refractivity contribution in [2.45, 2.75) is 32.3 Å². The van der Waals surface area contributed by atoms with Crippen LogP contribution in [-0.2, 0) is 4.74 Å². The van der Waals surface area contributed by atoms with E-state index in [1.807, 2.05) is 13.8 Å². The highest BCUT2D eigenvalue weighted by Gasteiger charge is 2.22. The van der Waals surface area contributed by atoms with Crippen molar-refractivity contribution < 1.29 is 9.26 Å². The number of ether oxygens (including phenoxy) is 1. The van der Waals surface area contributed by atoms with Crippen LogP contribution in [-0.4, -0.2) is 17.3 Å². The summed E-state index contributed by atoms with van der Waals surface area (Å²) in [6.45, 7) is 5.86. The normalized spacial score (nSPS) is 15.9. The number of nitrogens with zero attached hydrogens (tertiary/aromatic N) is 2. The van der Waals surface area contributed by atoms with Crippen LogP contribution in [0.3, 0.4) is 0 Å². The van der Waals surface area contributed by atoms with E-state index in [2.05, 4.69) is 10.1 Å². The molecule has 0 aliphatic heterocycles. The van der Waals surface area contributed by atoms with Gasteiger partial charge in [-0.3, -0.25) is 0 Å². The molecular weight excluding hydrogens is 204 g/mol. The van der Waals surface area contributed by atoms with E-state index in [0.717, 1.165) is 0 Å². The van der Waals surface area contributed by atoms with E-state index in [1.54, 1.807) is 14.0 Å². The Labute approximate surface area is 88.6 Å². The smallest absolute Gasteiger partial charge is 0.244 e. The largest absolute Gasteiger partial charge is 0.373 e. The minimum atomic E-state index is -0.263. The van der Waals surface area contributed by atoms with Crippen molar-refractivity contribution in [2.24, 2.45) is 5.92 Å². The Balaban J connectivity index is 2.84. The summed E-state index contributed by atoms with van der Waals surface area (Å²) in [6, 6.07) is 0. The summed E-state index contributed by atoms with van der Waals surface area (Å²) in [5, 5.41) is 3.57. The highest BCUT2D eigenvalue weighted by molar-refractivity contribution is 6.20. The van der Waals surface area contributed by atoms with Gasteiger partial charge in [0.05, 0.1) is 0 Å². The number of alkyl halides is 1. The molecule has 0 spiro atoms. The molecule has 0 radical (unpaired) electrons. The third-order valence-electron chi connectivity index (χ3n) is 1.91. The van der Waals surface area contributed by atoms with Gasteiger partial charge in [0.25, 0.3) is 0 Å². The van der Waals surface area contributed by atoms with Gasteiger partial charge in [-0.1, -0.05) is 19.0 Å². The first-order valence-electron chi connectivity index (χ1n) is 4.56. The SMILES string of the molecule is COC(c1noc(C(C)Cl)n1)C(C)C. The van der Waals surface area contributed by atoms with Crippen molar-refractivity contribution >= 4 is 11.6 Å². The van der Waals surface area contributed by atoms with Gasteiger partial charge in [-0.2, -0.15) is 4.98 Å². The molecule has 1 aromatic rings. The molecule has 0 N–H and O–H groups in total. The topological polar surface area (TPSA) is 48.2 Å². The minimum absolute atomic E-state index is 0.136. The highest BCUT2D eigenvalue weighted by atomic mass is 35.5. The monoisotopic (exact) mass is 218 g/mol. The lowest BCUT2D eigenvalue weighted by molar-refractivity contribution is 0.0555. The average molecular weight is 219 g/mol. The summed E-state index contributed by atoms with van der Waals surface area (Å²) >= 11 is 5.81. The lowest BCUT2D eigenvalue weighted by Gasteiger charge is -2.14. The van der Waals surface area contributed by atoms with Crippen LogP contribution < -0.4 is 0 Å². The lowest BCUT2D eigenvalue weighted by Crippen LogP contribution is -2.10. The molecule has 1 aromatic heterocycles. The first kappa shape index (κ1) is 11.5. The van der Waals surface area contributed by atoms with Crippen molar-refractivity contribution in [3.05, 3.63) is 11.7 Å². The number of hydrogen-bond acceptors (Lipinski definition) is 4. The second kappa shape index (κ2) is 4.75. The zero-order chi connectivity index (χ0) is 10.7. The van der Waals surface area contributed by atoms with E-state index >= 15 is 0 Å². The van der Waals surface area contributed by atoms with E-state index < -0.39 is 0 Å². The Kier molecular flexibility index (Phi) is 3.89. The molecule has 80 valence electrons. The summed E-state index contributed by atoms with van der Waals surface area (Å²) in [6.07, 6.45) is -0.136. The second-order valence-electron chi connectivity index (χ2n) is 3.51. The predicted molar refractivity (Wildman–Crippen MR) is 53.2 cm³/mol. The van der Waals surface area contributed by atoms with Crippen LogP contribution in [0.1, 0.15) is 44.0 Å². The van der Waals surface area contributed by atoms with Crippen LogP contribution in [0, 0.1) is 5.92 Å². The summed E-state index contributed by atoms with van der Waals surface area (Å²) in [4.78, 5) is 4.17. The molecule has 0 saturated carbocycles. The van der Waals surface area contributed by atoms with Crippen molar-refractivity contribution in [1.82, 2.24) is 10.1 Å². The Morgan fingerprint density at radius 2 is 2.00 bits per heavy atom. The lowest BCUT2D eigenvalue weighted by atomic mass is 10.1. The summed E-state index contributed by atoms with van der Waals surface area (Å²) in [5.74, 6) is 1.30. The Morgan fingerprint density at radius 3 is 2.36 bits per heavy atom. The van der Waals surface area contributed by atoms with Crippen LogP contribution in [0.4, 0.5) is 0 Å². The summed E-state index contributed by atoms with van der Waals surface area (Å²) in [7, 11) is 1.63. The molecule has 0 fully saturated rings. The predicted octanol–water partition coefficient (Wildman–Crippen LogP) is 2.71. The van der Waals surface area contributed by atoms with Gasteiger partial charge in [-0.25, -0.2) is 0 Å². The number of methoxy groups -OCH3 is 1. The molecule has 0 bridgehead atoms. The molecule has 5 heteroatoms. The Hall–Kier alpha value is -0.610. The first-order chi connectivity index (χ1) is 6.56. The zero-order valence-electron chi connectivity index (χ0n) is 8.82. The molecule has 2 unspecified atom stereocenters. The number of halogens is 1. The van der Waals surface area contributed by atoms with Crippen LogP contribution in [0.15, 0.2) is 4.52 Å². The number of hydrogen-bond donors (Lipinski definition) is 0. The fraction of sp³-hybridized carbons (Fsp3) is 0.778. The third-order valence-corrected chi connectivity index (χ3v) is 2.10. The van der Waals surface area contributed by atoms with Crippen molar-refractivity contribution in [3.8, 4) is 0 Å². The molecule has 1 rings (SSSR count). The van der Waals surface area contributed by atoms with Crippen molar-refractivity contribution in [2.75, 3.05) is 7.11 Å². The summed E-state index contributed by atoms with van der Waals surface area (Å²) in [5.41, 5.74) is 0. The van der Waals surface area contributed by atoms with E-state index in [-0.39, 0.29) is 11.5 Å². The Morgan fingerprint density at radius 1 is 1.36 bits per heavy atom. The van der Waals surface area contributed by atoms with Gasteiger partial charge in [0, 0.05) is 7.11 Å². The maximum absolute atomic E-state index is 5.81. The van der Waals surface area contributed by atoms with Crippen LogP contribution in [0.25, 0.3) is 0 Å². The van der Waals surface area contributed by atoms with Gasteiger partial charge in [0.2, 0.25) is 11.7 Å². The number of rotatable bonds is 4. The van der Waals surface area contributed by atoms with E-state index in [9.17, 15) is 0 Å². The Bertz CT molecular complexity index is 286. The molecule has 0 aliphatic rings. The van der Waals surface area contributed by atoms with Gasteiger partial charge >= 0.3 is 0 Å². The fourth-order valence-electron chi connectivity index (χ4n) is 1.20. The van der Waals surface area contributed by atoms with Crippen LogP contribution in [0.2, 0.25) is 0 Å². The maximum atomic E-state index is 5.81. The molecule has 0 aliphatic carbocycles. The zero-order valence-corrected chi connectivity index (χ0v) is 9.58. The van der Waals surface area contributed by atoms with Gasteiger partial charge in [0.1, 0.15) is 11.5 Å². The van der Waals surface area contributed by atoms with Gasteiger partial charge in [-0.15, -0.1) is 11.6 Å². The average Bonchev–Trinajstić information content (AvgIpc) is 2.53. The van der Waals surface area contributed by atoms with E-state index in [1.165, 1.54) is 0 Å². The molecule has 0 amide bonds. The molecule has 1 heterocycles. The second-order valence-corrected chi connectivity index (χ2v) is 4.16. The molecule has 2 atom stereocenters. The minimum Gasteiger partial charge on any atom is -0.373 e. The highest BCUT2D eigenvalue weighted by Crippen LogP contribution is 2.25. The van der Waals surface area contributed by atoms with E-state index in [0.29, 0.717) is 17.6 Å². The van der Waals surface area contributed by atoms with E-state index in [4.69, 9.17) is 20.9 Å². The molecular formula is C9H15ClN2O2. The standard InChI is InChI=1S/C9H15ClN2O2/c1-5(2)7(13-4)8-11-9(6(3)10)14-12-8/h5-7H,1-4H3. The van der Waals surface area contributed by atoms with Gasteiger partial charge in [0.15, 0.2) is 0 Å². The summed E-state index contributed by atoms with van der Waals surface area (Å²) < 4.78 is 10.2. The van der Waals surface area contributed by atoms with Gasteiger partial charge < -0.3 is 9.26 Å². The fourth-order valence-corrected chi connectivity index (χ4v) is 1.29. The molecule has 14 heavy (non-hydrogen) atoms. The first-order valence-corrected chi connectivity index (χ1v) is 5.00. The van der Waals surface area contributed by atoms with Crippen molar-refractivity contribution in [1.29, 1.82) is 0 Å². The van der Waals surface area contributed by atoms with Gasteiger partial charge in [-0.05, 0) is 12.8 Å². The molecule has 0 aromatic carbocycles.